The van der Waals surface area contributed by atoms with E-state index < -0.39 is 70.2 Å². The monoisotopic (exact) mass is 790 g/mol. The number of fused-ring (bicyclic) bond motifs is 4. The van der Waals surface area contributed by atoms with Gasteiger partial charge in [0.2, 0.25) is 0 Å². The highest BCUT2D eigenvalue weighted by molar-refractivity contribution is 7.99. The number of aldehydes is 1. The van der Waals surface area contributed by atoms with Crippen LogP contribution in [-0.2, 0) is 20.9 Å². The van der Waals surface area contributed by atoms with Gasteiger partial charge in [0, 0.05) is 39.1 Å². The first-order valence-electron chi connectivity index (χ1n) is 16.5. The zero-order chi connectivity index (χ0) is 40.1. The molecule has 0 unspecified atom stereocenters. The molecule has 2 aliphatic heterocycles. The van der Waals surface area contributed by atoms with Crippen molar-refractivity contribution < 1.29 is 58.6 Å². The van der Waals surface area contributed by atoms with Crippen molar-refractivity contribution in [1.82, 2.24) is 4.90 Å². The minimum absolute atomic E-state index is 0.169. The molecule has 4 N–H and O–H groups in total. The number of phenols is 2. The van der Waals surface area contributed by atoms with Crippen LogP contribution in [0.2, 0.25) is 5.02 Å². The average molecular weight is 791 g/mol. The maximum atomic E-state index is 12.9. The first kappa shape index (κ1) is 40.2. The van der Waals surface area contributed by atoms with E-state index in [0.717, 1.165) is 30.6 Å². The number of carboxylic acid groups (broad SMARTS) is 2. The molecular formula is C39H35ClN2O12S. The van der Waals surface area contributed by atoms with Crippen molar-refractivity contribution in [2.75, 3.05) is 32.1 Å². The third-order valence-corrected chi connectivity index (χ3v) is 9.81. The van der Waals surface area contributed by atoms with E-state index in [0.29, 0.717) is 12.2 Å². The number of ether oxygens (including phenoxy) is 3. The van der Waals surface area contributed by atoms with Crippen LogP contribution in [0.5, 0.6) is 28.7 Å². The highest BCUT2D eigenvalue weighted by Gasteiger charge is 2.36. The Balaban J connectivity index is 0.000000235. The second-order valence-electron chi connectivity index (χ2n) is 12.5. The fourth-order valence-electron chi connectivity index (χ4n) is 5.91. The van der Waals surface area contributed by atoms with Crippen molar-refractivity contribution in [2.45, 2.75) is 36.7 Å². The number of hydrogen-bond acceptors (Lipinski definition) is 13. The van der Waals surface area contributed by atoms with Crippen molar-refractivity contribution in [1.29, 1.82) is 0 Å². The SMILES string of the molecule is CN(C)CCCN1c2ccccc2Sc2ccc(Cl)cc21.Cc1cc(O)c(C=O)c2c1C(=O)Oc1c(COC(=O)C=CC(=O)O)c(O)c(C(=O)O)c(C)c1O2. The molecule has 16 heteroatoms. The molecule has 55 heavy (non-hydrogen) atoms. The third kappa shape index (κ3) is 8.70. The molecule has 0 aliphatic carbocycles. The number of rotatable bonds is 10. The molecule has 0 atom stereocenters. The summed E-state index contributed by atoms with van der Waals surface area (Å²) in [5, 5.41) is 39.7. The molecule has 4 aromatic carbocycles. The van der Waals surface area contributed by atoms with Crippen LogP contribution in [0.3, 0.4) is 0 Å². The van der Waals surface area contributed by atoms with Crippen LogP contribution >= 0.6 is 23.4 Å². The number of para-hydroxylation sites is 1. The minimum atomic E-state index is -1.60. The van der Waals surface area contributed by atoms with Crippen LogP contribution in [0.1, 0.15) is 54.2 Å². The fraction of sp³-hybridized carbons (Fsp3) is 0.205. The van der Waals surface area contributed by atoms with Crippen LogP contribution < -0.4 is 14.4 Å². The van der Waals surface area contributed by atoms with Crippen LogP contribution in [0.15, 0.2) is 70.5 Å². The molecule has 0 spiro atoms. The first-order valence-corrected chi connectivity index (χ1v) is 17.7. The number of aromatic hydroxyl groups is 2. The Morgan fingerprint density at radius 1 is 0.945 bits per heavy atom. The predicted octanol–water partition coefficient (Wildman–Crippen LogP) is 7.13. The lowest BCUT2D eigenvalue weighted by Crippen LogP contribution is -2.25. The number of phenolic OH excluding ortho intramolecular Hbond substituents is 1. The molecule has 0 saturated heterocycles. The smallest absolute Gasteiger partial charge is 0.347 e. The number of anilines is 2. The molecule has 4 aromatic rings. The van der Waals surface area contributed by atoms with Crippen molar-refractivity contribution in [2.24, 2.45) is 0 Å². The van der Waals surface area contributed by atoms with E-state index in [1.807, 2.05) is 17.8 Å². The Hall–Kier alpha value is -6.03. The lowest BCUT2D eigenvalue weighted by molar-refractivity contribution is -0.139. The number of aryl methyl sites for hydroxylation is 1. The van der Waals surface area contributed by atoms with Gasteiger partial charge in [-0.25, -0.2) is 19.2 Å². The molecule has 0 aromatic heterocycles. The summed E-state index contributed by atoms with van der Waals surface area (Å²) >= 11 is 8.03. The summed E-state index contributed by atoms with van der Waals surface area (Å²) in [6.45, 7) is 3.92. The Morgan fingerprint density at radius 2 is 1.65 bits per heavy atom. The van der Waals surface area contributed by atoms with Crippen LogP contribution in [0.4, 0.5) is 11.4 Å². The first-order chi connectivity index (χ1) is 26.1. The van der Waals surface area contributed by atoms with Gasteiger partial charge in [0.25, 0.3) is 0 Å². The number of benzene rings is 4. The Kier molecular flexibility index (Phi) is 12.4. The molecule has 14 nitrogen and oxygen atoms in total. The Labute approximate surface area is 324 Å². The number of aliphatic carboxylic acids is 1. The maximum absolute atomic E-state index is 12.9. The Bertz CT molecular complexity index is 2250. The molecule has 0 fully saturated rings. The number of carboxylic acids is 2. The van der Waals surface area contributed by atoms with Gasteiger partial charge in [-0.05, 0) is 82.9 Å². The van der Waals surface area contributed by atoms with E-state index in [-0.39, 0.29) is 28.7 Å². The summed E-state index contributed by atoms with van der Waals surface area (Å²) in [6.07, 6.45) is 2.43. The Morgan fingerprint density at radius 3 is 2.33 bits per heavy atom. The van der Waals surface area contributed by atoms with Gasteiger partial charge in [0.05, 0.1) is 22.5 Å². The maximum Gasteiger partial charge on any atom is 0.347 e. The molecule has 0 amide bonds. The van der Waals surface area contributed by atoms with Gasteiger partial charge in [-0.1, -0.05) is 35.5 Å². The predicted molar refractivity (Wildman–Crippen MR) is 202 cm³/mol. The van der Waals surface area contributed by atoms with Crippen molar-refractivity contribution >= 4 is 64.9 Å². The average Bonchev–Trinajstić information content (AvgIpc) is 3.27. The van der Waals surface area contributed by atoms with Gasteiger partial charge in [-0.2, -0.15) is 0 Å². The summed E-state index contributed by atoms with van der Waals surface area (Å²) in [5.41, 5.74) is 0.713. The number of esters is 2. The van der Waals surface area contributed by atoms with Crippen LogP contribution in [-0.4, -0.2) is 82.7 Å². The summed E-state index contributed by atoms with van der Waals surface area (Å²) in [5.74, 6) is -7.91. The van der Waals surface area contributed by atoms with E-state index in [9.17, 15) is 39.3 Å². The van der Waals surface area contributed by atoms with Gasteiger partial charge >= 0.3 is 23.9 Å². The molecular weight excluding hydrogens is 756 g/mol. The third-order valence-electron chi connectivity index (χ3n) is 8.44. The van der Waals surface area contributed by atoms with Crippen molar-refractivity contribution in [3.05, 3.63) is 99.1 Å². The van der Waals surface area contributed by atoms with Crippen molar-refractivity contribution in [3.63, 3.8) is 0 Å². The molecule has 6 rings (SSSR count). The number of carbonyl (C=O) groups excluding carboxylic acids is 3. The minimum Gasteiger partial charge on any atom is -0.507 e. The standard InChI is InChI=1S/C22H16O12.C17H19ClN2S/c1-8-5-12(24)10(6-23)19-15(8)22(31)34-20-11(7-32-14(27)4-3-13(25)26)17(28)16(21(29)30)9(2)18(20)33-19;1-19(2)10-5-11-20-14-6-3-4-7-16(14)21-17-9-8-13(18)12-15(17)20/h3-6,24,28H,7H2,1-2H3,(H,25,26)(H,29,30);3-4,6-9,12H,5,10-11H2,1-2H3. The van der Waals surface area contributed by atoms with Gasteiger partial charge in [0.15, 0.2) is 23.5 Å². The second kappa shape index (κ2) is 17.0. The van der Waals surface area contributed by atoms with Gasteiger partial charge in [-0.15, -0.1) is 0 Å². The van der Waals surface area contributed by atoms with E-state index in [1.54, 1.807) is 0 Å². The van der Waals surface area contributed by atoms with Crippen LogP contribution in [0.25, 0.3) is 0 Å². The fourth-order valence-corrected chi connectivity index (χ4v) is 7.15. The lowest BCUT2D eigenvalue weighted by Gasteiger charge is -2.33. The molecule has 0 bridgehead atoms. The van der Waals surface area contributed by atoms with Gasteiger partial charge in [-0.3, -0.25) is 4.79 Å². The highest BCUT2D eigenvalue weighted by atomic mass is 35.5. The van der Waals surface area contributed by atoms with Crippen LogP contribution in [0, 0.1) is 13.8 Å². The normalized spacial score (nSPS) is 12.5. The molecule has 0 radical (unpaired) electrons. The summed E-state index contributed by atoms with van der Waals surface area (Å²) in [7, 11) is 4.23. The van der Waals surface area contributed by atoms with E-state index in [2.05, 4.69) is 60.3 Å². The largest absolute Gasteiger partial charge is 0.507 e. The van der Waals surface area contributed by atoms with E-state index >= 15 is 0 Å². The van der Waals surface area contributed by atoms with Gasteiger partial charge in [0.1, 0.15) is 29.2 Å². The molecule has 2 heterocycles. The summed E-state index contributed by atoms with van der Waals surface area (Å²) in [6, 6.07) is 15.9. The zero-order valence-corrected chi connectivity index (χ0v) is 31.5. The second-order valence-corrected chi connectivity index (χ2v) is 14.0. The molecule has 286 valence electrons. The van der Waals surface area contributed by atoms with Crippen molar-refractivity contribution in [3.8, 4) is 28.7 Å². The topological polar surface area (TPSA) is 200 Å². The summed E-state index contributed by atoms with van der Waals surface area (Å²) < 4.78 is 15.9. The quantitative estimate of drug-likeness (QED) is 0.0547. The lowest BCUT2D eigenvalue weighted by atomic mass is 10.0. The molecule has 2 aliphatic rings. The van der Waals surface area contributed by atoms with E-state index in [4.69, 9.17) is 30.9 Å². The zero-order valence-electron chi connectivity index (χ0n) is 29.9. The summed E-state index contributed by atoms with van der Waals surface area (Å²) in [4.78, 5) is 65.9. The number of halogens is 1. The number of nitrogens with zero attached hydrogens (tertiary/aromatic N) is 2. The number of carbonyl (C=O) groups is 5. The van der Waals surface area contributed by atoms with Gasteiger partial charge < -0.3 is 44.4 Å². The number of aromatic carboxylic acids is 1. The van der Waals surface area contributed by atoms with E-state index in [1.165, 1.54) is 35.0 Å². The molecule has 0 saturated carbocycles. The number of hydrogen-bond donors (Lipinski definition) is 4. The highest BCUT2D eigenvalue weighted by Crippen LogP contribution is 2.51.